The van der Waals surface area contributed by atoms with Gasteiger partial charge in [0, 0.05) is 19.6 Å². The number of hydrogen-bond donors (Lipinski definition) is 2. The quantitative estimate of drug-likeness (QED) is 0.751. The summed E-state index contributed by atoms with van der Waals surface area (Å²) in [7, 11) is 0. The lowest BCUT2D eigenvalue weighted by Crippen LogP contribution is -2.37. The van der Waals surface area contributed by atoms with Gasteiger partial charge in [-0.25, -0.2) is 0 Å². The zero-order valence-corrected chi connectivity index (χ0v) is 8.73. The Labute approximate surface area is 88.5 Å². The molecular weight excluding hydrogens is 194 g/mol. The van der Waals surface area contributed by atoms with Gasteiger partial charge >= 0.3 is 0 Å². The number of anilines is 1. The van der Waals surface area contributed by atoms with E-state index >= 15 is 0 Å². The van der Waals surface area contributed by atoms with Crippen molar-refractivity contribution in [2.24, 2.45) is 0 Å². The van der Waals surface area contributed by atoms with Crippen molar-refractivity contribution in [3.63, 3.8) is 0 Å². The molecular formula is C10H15N3O2. The van der Waals surface area contributed by atoms with Gasteiger partial charge in [0.25, 0.3) is 0 Å². The Morgan fingerprint density at radius 3 is 3.00 bits per heavy atom. The molecule has 82 valence electrons. The first-order valence-electron chi connectivity index (χ1n) is 5.02. The second-order valence-electron chi connectivity index (χ2n) is 3.94. The zero-order valence-electron chi connectivity index (χ0n) is 8.73. The van der Waals surface area contributed by atoms with E-state index in [1.807, 2.05) is 19.1 Å². The number of aliphatic hydroxyl groups is 1. The molecule has 0 spiro atoms. The number of aromatic nitrogens is 2. The highest BCUT2D eigenvalue weighted by Gasteiger charge is 2.31. The molecule has 0 amide bonds. The van der Waals surface area contributed by atoms with E-state index in [2.05, 4.69) is 15.5 Å². The highest BCUT2D eigenvalue weighted by atomic mass is 16.5. The summed E-state index contributed by atoms with van der Waals surface area (Å²) >= 11 is 0. The molecule has 15 heavy (non-hydrogen) atoms. The van der Waals surface area contributed by atoms with Crippen molar-refractivity contribution in [3.8, 4) is 0 Å². The summed E-state index contributed by atoms with van der Waals surface area (Å²) in [5.74, 6) is 0.681. The molecule has 2 heterocycles. The summed E-state index contributed by atoms with van der Waals surface area (Å²) in [6.07, 6.45) is 0.666. The third-order valence-electron chi connectivity index (χ3n) is 2.48. The first-order valence-corrected chi connectivity index (χ1v) is 5.02. The van der Waals surface area contributed by atoms with Crippen molar-refractivity contribution in [2.45, 2.75) is 18.9 Å². The smallest absolute Gasteiger partial charge is 0.148 e. The average Bonchev–Trinajstić information content (AvgIpc) is 2.65. The van der Waals surface area contributed by atoms with Gasteiger partial charge in [0.05, 0.1) is 12.3 Å². The van der Waals surface area contributed by atoms with Gasteiger partial charge in [-0.05, 0) is 19.1 Å². The van der Waals surface area contributed by atoms with E-state index in [-0.39, 0.29) is 0 Å². The van der Waals surface area contributed by atoms with Gasteiger partial charge in [0.1, 0.15) is 11.4 Å². The fraction of sp³-hybridized carbons (Fsp3) is 0.600. The minimum atomic E-state index is -0.757. The van der Waals surface area contributed by atoms with Crippen LogP contribution in [0.3, 0.4) is 0 Å². The normalized spacial score (nSPS) is 25.5. The van der Waals surface area contributed by atoms with E-state index in [0.717, 1.165) is 5.69 Å². The Bertz CT molecular complexity index is 320. The van der Waals surface area contributed by atoms with Crippen LogP contribution in [-0.2, 0) is 4.74 Å². The molecule has 2 rings (SSSR count). The minimum absolute atomic E-state index is 0.388. The monoisotopic (exact) mass is 209 g/mol. The molecule has 1 fully saturated rings. The molecule has 1 unspecified atom stereocenters. The lowest BCUT2D eigenvalue weighted by atomic mass is 10.0. The van der Waals surface area contributed by atoms with Crippen LogP contribution in [-0.4, -0.2) is 40.7 Å². The van der Waals surface area contributed by atoms with E-state index in [9.17, 15) is 5.11 Å². The Morgan fingerprint density at radius 1 is 1.53 bits per heavy atom. The van der Waals surface area contributed by atoms with Crippen LogP contribution in [0.2, 0.25) is 0 Å². The first kappa shape index (κ1) is 10.3. The molecule has 1 aliphatic heterocycles. The van der Waals surface area contributed by atoms with Crippen molar-refractivity contribution >= 4 is 5.82 Å². The number of rotatable bonds is 3. The van der Waals surface area contributed by atoms with Crippen molar-refractivity contribution < 1.29 is 9.84 Å². The molecule has 5 nitrogen and oxygen atoms in total. The van der Waals surface area contributed by atoms with E-state index in [1.165, 1.54) is 0 Å². The zero-order chi connectivity index (χ0) is 10.7. The van der Waals surface area contributed by atoms with Crippen LogP contribution in [0, 0.1) is 6.92 Å². The molecule has 0 radical (unpaired) electrons. The summed E-state index contributed by atoms with van der Waals surface area (Å²) in [4.78, 5) is 0. The van der Waals surface area contributed by atoms with E-state index in [0.29, 0.717) is 32.0 Å². The van der Waals surface area contributed by atoms with E-state index in [4.69, 9.17) is 4.74 Å². The topological polar surface area (TPSA) is 67.3 Å². The standard InChI is InChI=1S/C10H15N3O2/c1-8-2-3-9(13-12-8)11-6-10(14)4-5-15-7-10/h2-3,14H,4-7H2,1H3,(H,11,13). The molecule has 5 heteroatoms. The summed E-state index contributed by atoms with van der Waals surface area (Å²) < 4.78 is 5.14. The second-order valence-corrected chi connectivity index (χ2v) is 3.94. The van der Waals surface area contributed by atoms with Crippen molar-refractivity contribution in [1.82, 2.24) is 10.2 Å². The molecule has 0 aromatic carbocycles. The third kappa shape index (κ3) is 2.64. The summed E-state index contributed by atoms with van der Waals surface area (Å²) in [6, 6.07) is 3.73. The maximum Gasteiger partial charge on any atom is 0.148 e. The minimum Gasteiger partial charge on any atom is -0.386 e. The van der Waals surface area contributed by atoms with Gasteiger partial charge in [-0.15, -0.1) is 5.10 Å². The predicted molar refractivity (Wildman–Crippen MR) is 55.6 cm³/mol. The van der Waals surface area contributed by atoms with Crippen LogP contribution in [0.15, 0.2) is 12.1 Å². The summed E-state index contributed by atoms with van der Waals surface area (Å²) in [5, 5.41) is 20.9. The Kier molecular flexibility index (Phi) is 2.83. The molecule has 0 bridgehead atoms. The lowest BCUT2D eigenvalue weighted by Gasteiger charge is -2.20. The molecule has 1 aliphatic rings. The maximum atomic E-state index is 9.97. The molecule has 1 atom stereocenters. The number of aryl methyl sites for hydroxylation is 1. The number of nitrogens with zero attached hydrogens (tertiary/aromatic N) is 2. The van der Waals surface area contributed by atoms with Gasteiger partial charge in [-0.1, -0.05) is 0 Å². The Morgan fingerprint density at radius 2 is 2.40 bits per heavy atom. The largest absolute Gasteiger partial charge is 0.386 e. The SMILES string of the molecule is Cc1ccc(NCC2(O)CCOC2)nn1. The number of nitrogens with one attached hydrogen (secondary N) is 1. The van der Waals surface area contributed by atoms with E-state index in [1.54, 1.807) is 0 Å². The highest BCUT2D eigenvalue weighted by molar-refractivity contribution is 5.33. The van der Waals surface area contributed by atoms with Gasteiger partial charge < -0.3 is 15.2 Å². The Hall–Kier alpha value is -1.20. The fourth-order valence-corrected chi connectivity index (χ4v) is 1.48. The average molecular weight is 209 g/mol. The molecule has 0 saturated carbocycles. The number of ether oxygens (including phenoxy) is 1. The maximum absolute atomic E-state index is 9.97. The van der Waals surface area contributed by atoms with Gasteiger partial charge in [0.2, 0.25) is 0 Å². The van der Waals surface area contributed by atoms with E-state index < -0.39 is 5.60 Å². The lowest BCUT2D eigenvalue weighted by molar-refractivity contribution is 0.0381. The van der Waals surface area contributed by atoms with Crippen molar-refractivity contribution in [2.75, 3.05) is 25.1 Å². The van der Waals surface area contributed by atoms with Crippen LogP contribution in [0.1, 0.15) is 12.1 Å². The molecule has 1 aromatic heterocycles. The van der Waals surface area contributed by atoms with Crippen molar-refractivity contribution in [3.05, 3.63) is 17.8 Å². The van der Waals surface area contributed by atoms with Gasteiger partial charge in [-0.2, -0.15) is 5.10 Å². The fourth-order valence-electron chi connectivity index (χ4n) is 1.48. The molecule has 0 aliphatic carbocycles. The van der Waals surface area contributed by atoms with Gasteiger partial charge in [-0.3, -0.25) is 0 Å². The third-order valence-corrected chi connectivity index (χ3v) is 2.48. The first-order chi connectivity index (χ1) is 7.18. The van der Waals surface area contributed by atoms with Crippen LogP contribution < -0.4 is 5.32 Å². The van der Waals surface area contributed by atoms with Crippen LogP contribution in [0.4, 0.5) is 5.82 Å². The summed E-state index contributed by atoms with van der Waals surface area (Å²) in [5.41, 5.74) is 0.121. The second kappa shape index (κ2) is 4.12. The number of hydrogen-bond acceptors (Lipinski definition) is 5. The molecule has 2 N–H and O–H groups in total. The highest BCUT2D eigenvalue weighted by Crippen LogP contribution is 2.18. The van der Waals surface area contributed by atoms with Crippen LogP contribution in [0.5, 0.6) is 0 Å². The van der Waals surface area contributed by atoms with Crippen LogP contribution in [0.25, 0.3) is 0 Å². The van der Waals surface area contributed by atoms with Crippen LogP contribution >= 0.6 is 0 Å². The van der Waals surface area contributed by atoms with Crippen molar-refractivity contribution in [1.29, 1.82) is 0 Å². The van der Waals surface area contributed by atoms with Gasteiger partial charge in [0.15, 0.2) is 0 Å². The Balaban J connectivity index is 1.90. The molecule has 1 aromatic rings. The predicted octanol–water partition coefficient (Wildman–Crippen LogP) is 0.348. The summed E-state index contributed by atoms with van der Waals surface area (Å²) in [6.45, 7) is 3.34. The molecule has 1 saturated heterocycles.